The van der Waals surface area contributed by atoms with Crippen molar-refractivity contribution >= 4 is 23.4 Å². The Morgan fingerprint density at radius 3 is 3.16 bits per heavy atom. The molecule has 5 heteroatoms. The third kappa shape index (κ3) is 2.61. The molecule has 100 valence electrons. The number of hydrogen-bond acceptors (Lipinski definition) is 4. The van der Waals surface area contributed by atoms with Gasteiger partial charge in [0.2, 0.25) is 0 Å². The Bertz CT molecular complexity index is 603. The molecule has 1 aliphatic rings. The van der Waals surface area contributed by atoms with Gasteiger partial charge in [-0.15, -0.1) is 0 Å². The highest BCUT2D eigenvalue weighted by molar-refractivity contribution is 7.99. The number of nitrogens with zero attached hydrogens (tertiary/aromatic N) is 2. The lowest BCUT2D eigenvalue weighted by Crippen LogP contribution is -2.02. The molecule has 1 saturated heterocycles. The number of fused-ring (bicyclic) bond motifs is 1. The van der Waals surface area contributed by atoms with Gasteiger partial charge in [-0.2, -0.15) is 11.8 Å². The summed E-state index contributed by atoms with van der Waals surface area (Å²) < 4.78 is 6.63. The lowest BCUT2D eigenvalue weighted by Gasteiger charge is -2.03. The molecule has 1 atom stereocenters. The molecule has 0 amide bonds. The Labute approximate surface area is 116 Å². The second-order valence-electron chi connectivity index (χ2n) is 4.84. The van der Waals surface area contributed by atoms with E-state index in [1.807, 2.05) is 28.4 Å². The van der Waals surface area contributed by atoms with Crippen LogP contribution in [0.5, 0.6) is 0 Å². The number of thioether (sulfide) groups is 1. The van der Waals surface area contributed by atoms with E-state index in [0.717, 1.165) is 23.7 Å². The van der Waals surface area contributed by atoms with Crippen LogP contribution in [0.3, 0.4) is 0 Å². The van der Waals surface area contributed by atoms with Gasteiger partial charge in [-0.25, -0.2) is 9.78 Å². The van der Waals surface area contributed by atoms with Crippen LogP contribution in [-0.2, 0) is 11.2 Å². The van der Waals surface area contributed by atoms with Crippen LogP contribution in [0.1, 0.15) is 22.5 Å². The third-order valence-corrected chi connectivity index (χ3v) is 4.68. The molecule has 1 aliphatic heterocycles. The predicted octanol–water partition coefficient (Wildman–Crippen LogP) is 2.42. The fourth-order valence-electron chi connectivity index (χ4n) is 2.42. The Kier molecular flexibility index (Phi) is 3.46. The van der Waals surface area contributed by atoms with Crippen LogP contribution < -0.4 is 0 Å². The summed E-state index contributed by atoms with van der Waals surface area (Å²) in [5, 5.41) is 0. The molecular formula is C14H16N2O2S. The zero-order chi connectivity index (χ0) is 13.2. The minimum absolute atomic E-state index is 0.315. The second kappa shape index (κ2) is 5.25. The molecule has 0 bridgehead atoms. The molecule has 3 heterocycles. The Hall–Kier alpha value is -1.49. The maximum Gasteiger partial charge on any atom is 0.339 e. The fourth-order valence-corrected chi connectivity index (χ4v) is 3.71. The van der Waals surface area contributed by atoms with E-state index in [0.29, 0.717) is 5.56 Å². The summed E-state index contributed by atoms with van der Waals surface area (Å²) in [4.78, 5) is 16.1. The first kappa shape index (κ1) is 12.5. The van der Waals surface area contributed by atoms with Crippen molar-refractivity contribution in [2.45, 2.75) is 12.8 Å². The highest BCUT2D eigenvalue weighted by atomic mass is 32.2. The number of carbonyl (C=O) groups is 1. The molecule has 0 spiro atoms. The summed E-state index contributed by atoms with van der Waals surface area (Å²) in [6.45, 7) is 0. The summed E-state index contributed by atoms with van der Waals surface area (Å²) in [6, 6.07) is 3.61. The van der Waals surface area contributed by atoms with Crippen LogP contribution in [0.4, 0.5) is 0 Å². The summed E-state index contributed by atoms with van der Waals surface area (Å²) in [5.74, 6) is 2.94. The van der Waals surface area contributed by atoms with Crippen LogP contribution in [0, 0.1) is 5.92 Å². The van der Waals surface area contributed by atoms with E-state index in [1.54, 1.807) is 12.3 Å². The first-order valence-electron chi connectivity index (χ1n) is 6.40. The maximum absolute atomic E-state index is 11.5. The van der Waals surface area contributed by atoms with Crippen molar-refractivity contribution in [3.8, 4) is 0 Å². The molecule has 2 aromatic heterocycles. The van der Waals surface area contributed by atoms with Crippen molar-refractivity contribution < 1.29 is 9.53 Å². The van der Waals surface area contributed by atoms with Gasteiger partial charge in [-0.1, -0.05) is 0 Å². The Morgan fingerprint density at radius 2 is 2.42 bits per heavy atom. The van der Waals surface area contributed by atoms with Gasteiger partial charge in [0, 0.05) is 12.4 Å². The first-order valence-corrected chi connectivity index (χ1v) is 7.55. The number of aromatic nitrogens is 2. The lowest BCUT2D eigenvalue weighted by atomic mass is 10.0. The van der Waals surface area contributed by atoms with Gasteiger partial charge in [0.25, 0.3) is 0 Å². The van der Waals surface area contributed by atoms with Crippen LogP contribution >= 0.6 is 11.8 Å². The zero-order valence-corrected chi connectivity index (χ0v) is 11.7. The van der Waals surface area contributed by atoms with E-state index in [2.05, 4.69) is 4.98 Å². The number of rotatable bonds is 3. The standard InChI is InChI=1S/C14H16N2O2S/c1-18-14(17)11-2-3-13-15-12(8-16(13)7-11)6-10-4-5-19-9-10/h2-3,7-8,10H,4-6,9H2,1H3. The van der Waals surface area contributed by atoms with Crippen molar-refractivity contribution in [3.05, 3.63) is 35.8 Å². The molecular weight excluding hydrogens is 260 g/mol. The average Bonchev–Trinajstić information content (AvgIpc) is 3.05. The summed E-state index contributed by atoms with van der Waals surface area (Å²) in [7, 11) is 1.39. The van der Waals surface area contributed by atoms with E-state index >= 15 is 0 Å². The van der Waals surface area contributed by atoms with Gasteiger partial charge in [0.1, 0.15) is 5.65 Å². The third-order valence-electron chi connectivity index (χ3n) is 3.44. The van der Waals surface area contributed by atoms with Crippen LogP contribution in [0.25, 0.3) is 5.65 Å². The fraction of sp³-hybridized carbons (Fsp3) is 0.429. The lowest BCUT2D eigenvalue weighted by molar-refractivity contribution is 0.0600. The smallest absolute Gasteiger partial charge is 0.339 e. The summed E-state index contributed by atoms with van der Waals surface area (Å²) in [6.07, 6.45) is 6.11. The van der Waals surface area contributed by atoms with Crippen molar-refractivity contribution in [3.63, 3.8) is 0 Å². The van der Waals surface area contributed by atoms with Gasteiger partial charge >= 0.3 is 5.97 Å². The topological polar surface area (TPSA) is 43.6 Å². The van der Waals surface area contributed by atoms with Gasteiger partial charge in [0.15, 0.2) is 0 Å². The molecule has 0 aliphatic carbocycles. The molecule has 19 heavy (non-hydrogen) atoms. The van der Waals surface area contributed by atoms with Crippen LogP contribution in [0.15, 0.2) is 24.5 Å². The van der Waals surface area contributed by atoms with E-state index in [1.165, 1.54) is 25.0 Å². The number of ether oxygens (including phenoxy) is 1. The van der Waals surface area contributed by atoms with Crippen molar-refractivity contribution in [2.24, 2.45) is 5.92 Å². The van der Waals surface area contributed by atoms with Crippen molar-refractivity contribution in [1.82, 2.24) is 9.38 Å². The number of imidazole rings is 1. The van der Waals surface area contributed by atoms with E-state index in [-0.39, 0.29) is 5.97 Å². The largest absolute Gasteiger partial charge is 0.465 e. The number of hydrogen-bond donors (Lipinski definition) is 0. The summed E-state index contributed by atoms with van der Waals surface area (Å²) >= 11 is 2.02. The highest BCUT2D eigenvalue weighted by Crippen LogP contribution is 2.26. The predicted molar refractivity (Wildman–Crippen MR) is 75.7 cm³/mol. The maximum atomic E-state index is 11.5. The molecule has 2 aromatic rings. The highest BCUT2D eigenvalue weighted by Gasteiger charge is 2.17. The molecule has 0 saturated carbocycles. The molecule has 1 fully saturated rings. The van der Waals surface area contributed by atoms with Gasteiger partial charge in [-0.05, 0) is 42.4 Å². The molecule has 0 radical (unpaired) electrons. The van der Waals surface area contributed by atoms with E-state index in [4.69, 9.17) is 4.74 Å². The van der Waals surface area contributed by atoms with Crippen molar-refractivity contribution in [1.29, 1.82) is 0 Å². The minimum atomic E-state index is -0.315. The van der Waals surface area contributed by atoms with Crippen LogP contribution in [0.2, 0.25) is 0 Å². The van der Waals surface area contributed by atoms with Crippen molar-refractivity contribution in [2.75, 3.05) is 18.6 Å². The molecule has 1 unspecified atom stereocenters. The minimum Gasteiger partial charge on any atom is -0.465 e. The van der Waals surface area contributed by atoms with E-state index in [9.17, 15) is 4.79 Å². The number of pyridine rings is 1. The Balaban J connectivity index is 1.85. The molecule has 0 aromatic carbocycles. The van der Waals surface area contributed by atoms with Gasteiger partial charge in [-0.3, -0.25) is 0 Å². The average molecular weight is 276 g/mol. The second-order valence-corrected chi connectivity index (χ2v) is 5.99. The van der Waals surface area contributed by atoms with E-state index < -0.39 is 0 Å². The number of methoxy groups -OCH3 is 1. The van der Waals surface area contributed by atoms with Gasteiger partial charge < -0.3 is 9.14 Å². The number of carbonyl (C=O) groups excluding carboxylic acids is 1. The van der Waals surface area contributed by atoms with Crippen LogP contribution in [-0.4, -0.2) is 34.0 Å². The SMILES string of the molecule is COC(=O)c1ccc2nc(CC3CCSC3)cn2c1. The molecule has 0 N–H and O–H groups in total. The van der Waals surface area contributed by atoms with Gasteiger partial charge in [0.05, 0.1) is 18.4 Å². The normalized spacial score (nSPS) is 18.9. The number of esters is 1. The zero-order valence-electron chi connectivity index (χ0n) is 10.8. The monoisotopic (exact) mass is 276 g/mol. The first-order chi connectivity index (χ1) is 9.26. The molecule has 4 nitrogen and oxygen atoms in total. The summed E-state index contributed by atoms with van der Waals surface area (Å²) in [5.41, 5.74) is 2.54. The quantitative estimate of drug-likeness (QED) is 0.808. The molecule has 3 rings (SSSR count). The Morgan fingerprint density at radius 1 is 1.53 bits per heavy atom.